The lowest BCUT2D eigenvalue weighted by Crippen LogP contribution is -2.54. The number of hydrogen-bond acceptors (Lipinski definition) is 7. The summed E-state index contributed by atoms with van der Waals surface area (Å²) in [6.45, 7) is 4.18. The van der Waals surface area contributed by atoms with Gasteiger partial charge >= 0.3 is 5.69 Å². The molecule has 0 aromatic heterocycles. The normalized spacial score (nSPS) is 28.9. The molecule has 3 saturated heterocycles. The van der Waals surface area contributed by atoms with E-state index in [1.807, 2.05) is 25.1 Å². The number of carbonyl (C=O) groups is 3. The summed E-state index contributed by atoms with van der Waals surface area (Å²) in [7, 11) is 1.30. The van der Waals surface area contributed by atoms with Crippen molar-refractivity contribution in [3.63, 3.8) is 0 Å². The van der Waals surface area contributed by atoms with Gasteiger partial charge in [0.25, 0.3) is 0 Å². The van der Waals surface area contributed by atoms with Crippen LogP contribution in [0, 0.1) is 35.8 Å². The number of carbonyl (C=O) groups excluding carboxylic acids is 3. The minimum atomic E-state index is -1.26. The highest BCUT2D eigenvalue weighted by Crippen LogP contribution is 2.61. The zero-order valence-corrected chi connectivity index (χ0v) is 19.5. The molecule has 4 aliphatic heterocycles. The molecule has 4 aliphatic rings. The molecule has 2 aromatic rings. The number of nitrogens with one attached hydrogen (secondary N) is 1. The van der Waals surface area contributed by atoms with Crippen molar-refractivity contribution in [2.75, 3.05) is 23.9 Å². The van der Waals surface area contributed by atoms with E-state index in [1.54, 1.807) is 6.92 Å². The molecule has 10 heteroatoms. The largest absolute Gasteiger partial charge is 0.490 e. The Morgan fingerprint density at radius 3 is 2.63 bits per heavy atom. The van der Waals surface area contributed by atoms with Crippen LogP contribution in [0.2, 0.25) is 0 Å². The minimum Gasteiger partial charge on any atom is -0.490 e. The van der Waals surface area contributed by atoms with Gasteiger partial charge in [-0.3, -0.25) is 29.4 Å². The van der Waals surface area contributed by atoms with Gasteiger partial charge in [0, 0.05) is 29.4 Å². The fraction of sp³-hybridized carbons (Fsp3) is 0.400. The molecule has 1 spiro atoms. The standard InChI is InChI=1S/C25H24N4O6/c1-12-6-7-15-14(9-12)25(24(32)26-15)21-20(16-5-4-8-27(16)25)22(30)28(23(21)31)17-11-19(35-3)18(29(33)34)10-13(17)2/h6-7,9-11,16,20-21H,4-5,8H2,1-3H3,(H,26,32)/t16-,20+,21+,25-/m0/s1. The molecule has 4 atom stereocenters. The van der Waals surface area contributed by atoms with Crippen LogP contribution < -0.4 is 15.0 Å². The van der Waals surface area contributed by atoms with Crippen molar-refractivity contribution in [1.29, 1.82) is 0 Å². The number of anilines is 2. The second-order valence-electron chi connectivity index (χ2n) is 9.76. The number of nitrogens with zero attached hydrogens (tertiary/aromatic N) is 3. The Bertz CT molecular complexity index is 1360. The number of methoxy groups -OCH3 is 1. The summed E-state index contributed by atoms with van der Waals surface area (Å²) in [5.41, 5.74) is 1.52. The molecule has 0 bridgehead atoms. The Balaban J connectivity index is 1.54. The van der Waals surface area contributed by atoms with Crippen LogP contribution in [0.3, 0.4) is 0 Å². The first-order valence-corrected chi connectivity index (χ1v) is 11.6. The number of imide groups is 1. The highest BCUT2D eigenvalue weighted by molar-refractivity contribution is 6.26. The molecule has 4 heterocycles. The van der Waals surface area contributed by atoms with Gasteiger partial charge in [-0.15, -0.1) is 0 Å². The number of amides is 3. The van der Waals surface area contributed by atoms with E-state index in [9.17, 15) is 24.5 Å². The number of benzene rings is 2. The van der Waals surface area contributed by atoms with Crippen molar-refractivity contribution < 1.29 is 24.0 Å². The lowest BCUT2D eigenvalue weighted by atomic mass is 9.75. The summed E-state index contributed by atoms with van der Waals surface area (Å²) >= 11 is 0. The molecule has 0 aliphatic carbocycles. The number of fused-ring (bicyclic) bond motifs is 7. The number of rotatable bonds is 3. The van der Waals surface area contributed by atoms with E-state index < -0.39 is 28.2 Å². The highest BCUT2D eigenvalue weighted by Gasteiger charge is 2.74. The van der Waals surface area contributed by atoms with Crippen LogP contribution in [-0.2, 0) is 19.9 Å². The zero-order valence-electron chi connectivity index (χ0n) is 19.5. The van der Waals surface area contributed by atoms with E-state index in [-0.39, 0.29) is 35.0 Å². The zero-order chi connectivity index (χ0) is 24.8. The first-order chi connectivity index (χ1) is 16.7. The van der Waals surface area contributed by atoms with Gasteiger partial charge in [0.2, 0.25) is 17.7 Å². The number of aryl methyl sites for hydroxylation is 2. The SMILES string of the molecule is COc1cc(N2C(=O)[C@@H]3[C@@H]4CCCN4[C@]4(C(=O)Nc5ccc(C)cc54)[C@H]3C2=O)c(C)cc1[N+](=O)[O-]. The first-order valence-electron chi connectivity index (χ1n) is 11.6. The summed E-state index contributed by atoms with van der Waals surface area (Å²) < 4.78 is 5.20. The van der Waals surface area contributed by atoms with E-state index in [1.165, 1.54) is 19.2 Å². The summed E-state index contributed by atoms with van der Waals surface area (Å²) in [4.78, 5) is 55.8. The van der Waals surface area contributed by atoms with Crippen molar-refractivity contribution in [1.82, 2.24) is 4.90 Å². The van der Waals surface area contributed by atoms with Crippen LogP contribution in [-0.4, -0.2) is 47.2 Å². The molecule has 3 fully saturated rings. The number of nitro groups is 1. The average molecular weight is 476 g/mol. The summed E-state index contributed by atoms with van der Waals surface area (Å²) in [6, 6.07) is 8.13. The molecule has 6 rings (SSSR count). The number of hydrogen-bond donors (Lipinski definition) is 1. The molecule has 0 unspecified atom stereocenters. The molecular formula is C25H24N4O6. The molecular weight excluding hydrogens is 452 g/mol. The molecule has 180 valence electrons. The maximum Gasteiger partial charge on any atom is 0.311 e. The van der Waals surface area contributed by atoms with Crippen LogP contribution in [0.5, 0.6) is 5.75 Å². The predicted octanol–water partition coefficient (Wildman–Crippen LogP) is 2.65. The topological polar surface area (TPSA) is 122 Å². The third kappa shape index (κ3) is 2.54. The quantitative estimate of drug-likeness (QED) is 0.411. The maximum atomic E-state index is 14.1. The van der Waals surface area contributed by atoms with Gasteiger partial charge in [0.05, 0.1) is 29.6 Å². The summed E-state index contributed by atoms with van der Waals surface area (Å²) in [5, 5.41) is 14.4. The number of ether oxygens (including phenoxy) is 1. The Morgan fingerprint density at radius 1 is 1.14 bits per heavy atom. The van der Waals surface area contributed by atoms with Gasteiger partial charge in [-0.1, -0.05) is 17.7 Å². The fourth-order valence-electron chi connectivity index (χ4n) is 6.76. The predicted molar refractivity (Wildman–Crippen MR) is 125 cm³/mol. The Labute approximate surface area is 201 Å². The minimum absolute atomic E-state index is 0.0370. The maximum absolute atomic E-state index is 14.1. The van der Waals surface area contributed by atoms with Crippen molar-refractivity contribution in [2.45, 2.75) is 38.3 Å². The Kier molecular flexibility index (Phi) is 4.41. The van der Waals surface area contributed by atoms with Crippen LogP contribution in [0.15, 0.2) is 30.3 Å². The second-order valence-corrected chi connectivity index (χ2v) is 9.76. The average Bonchev–Trinajstić information content (AvgIpc) is 3.52. The van der Waals surface area contributed by atoms with Crippen molar-refractivity contribution >= 4 is 34.8 Å². The van der Waals surface area contributed by atoms with Crippen LogP contribution in [0.4, 0.5) is 17.1 Å². The van der Waals surface area contributed by atoms with Crippen molar-refractivity contribution in [3.8, 4) is 5.75 Å². The van der Waals surface area contributed by atoms with Gasteiger partial charge in [-0.05, 0) is 44.9 Å². The van der Waals surface area contributed by atoms with E-state index in [0.29, 0.717) is 24.2 Å². The molecule has 2 aromatic carbocycles. The van der Waals surface area contributed by atoms with Gasteiger partial charge in [0.15, 0.2) is 5.75 Å². The van der Waals surface area contributed by atoms with Crippen molar-refractivity contribution in [3.05, 3.63) is 57.1 Å². The first kappa shape index (κ1) is 21.7. The summed E-state index contributed by atoms with van der Waals surface area (Å²) in [5.74, 6) is -2.71. The van der Waals surface area contributed by atoms with Gasteiger partial charge in [-0.2, -0.15) is 0 Å². The van der Waals surface area contributed by atoms with E-state index in [4.69, 9.17) is 4.74 Å². The molecule has 0 radical (unpaired) electrons. The molecule has 35 heavy (non-hydrogen) atoms. The highest BCUT2D eigenvalue weighted by atomic mass is 16.6. The smallest absolute Gasteiger partial charge is 0.311 e. The van der Waals surface area contributed by atoms with Crippen LogP contribution in [0.1, 0.15) is 29.5 Å². The third-order valence-electron chi connectivity index (χ3n) is 8.08. The Morgan fingerprint density at radius 2 is 1.91 bits per heavy atom. The lowest BCUT2D eigenvalue weighted by molar-refractivity contribution is -0.385. The molecule has 1 N–H and O–H groups in total. The second kappa shape index (κ2) is 7.11. The fourth-order valence-corrected chi connectivity index (χ4v) is 6.76. The molecule has 0 saturated carbocycles. The van der Waals surface area contributed by atoms with E-state index in [0.717, 1.165) is 22.4 Å². The van der Waals surface area contributed by atoms with Gasteiger partial charge in [0.1, 0.15) is 5.54 Å². The van der Waals surface area contributed by atoms with Gasteiger partial charge in [-0.25, -0.2) is 4.90 Å². The number of nitro benzene ring substituents is 1. The van der Waals surface area contributed by atoms with E-state index in [2.05, 4.69) is 10.2 Å². The van der Waals surface area contributed by atoms with E-state index >= 15 is 0 Å². The van der Waals surface area contributed by atoms with Crippen LogP contribution >= 0.6 is 0 Å². The molecule has 3 amide bonds. The third-order valence-corrected chi connectivity index (χ3v) is 8.08. The summed E-state index contributed by atoms with van der Waals surface area (Å²) in [6.07, 6.45) is 1.54. The monoisotopic (exact) mass is 476 g/mol. The van der Waals surface area contributed by atoms with Crippen molar-refractivity contribution in [2.24, 2.45) is 11.8 Å². The molecule has 10 nitrogen and oxygen atoms in total. The van der Waals surface area contributed by atoms with Crippen LogP contribution in [0.25, 0.3) is 0 Å². The lowest BCUT2D eigenvalue weighted by Gasteiger charge is -2.36. The van der Waals surface area contributed by atoms with Gasteiger partial charge < -0.3 is 10.1 Å². The Hall–Kier alpha value is -3.79.